The Kier molecular flexibility index (Phi) is 6.21. The molecule has 0 radical (unpaired) electrons. The van der Waals surface area contributed by atoms with Gasteiger partial charge in [0.15, 0.2) is 5.82 Å². The number of benzene rings is 1. The van der Waals surface area contributed by atoms with Crippen molar-refractivity contribution in [1.82, 2.24) is 9.62 Å². The summed E-state index contributed by atoms with van der Waals surface area (Å²) in [5, 5.41) is 2.61. The van der Waals surface area contributed by atoms with Gasteiger partial charge in [-0.1, -0.05) is 0 Å². The number of hydrogen-bond acceptors (Lipinski definition) is 4. The molecule has 1 aromatic rings. The Hall–Kier alpha value is -1.09. The molecule has 21 heavy (non-hydrogen) atoms. The Balaban J connectivity index is 3.29. The lowest BCUT2D eigenvalue weighted by Crippen LogP contribution is -2.38. The van der Waals surface area contributed by atoms with Crippen molar-refractivity contribution in [3.05, 3.63) is 29.3 Å². The van der Waals surface area contributed by atoms with Gasteiger partial charge >= 0.3 is 0 Å². The van der Waals surface area contributed by atoms with Crippen molar-refractivity contribution in [1.29, 1.82) is 0 Å². The lowest BCUT2D eigenvalue weighted by molar-refractivity contribution is 0.149. The molecule has 0 aliphatic carbocycles. The molecule has 8 heteroatoms. The van der Waals surface area contributed by atoms with E-state index in [0.29, 0.717) is 0 Å². The number of rotatable bonds is 7. The Morgan fingerprint density at radius 2 is 2.00 bits per heavy atom. The molecule has 1 N–H and O–H groups in total. The molecule has 1 aromatic carbocycles. The molecule has 1 atom stereocenters. The average molecular weight is 322 g/mol. The van der Waals surface area contributed by atoms with Gasteiger partial charge in [0.05, 0.1) is 6.61 Å². The molecule has 120 valence electrons. The van der Waals surface area contributed by atoms with E-state index >= 15 is 0 Å². The Labute approximate surface area is 124 Å². The summed E-state index contributed by atoms with van der Waals surface area (Å²) < 4.78 is 58.6. The number of likely N-dealkylation sites (N-methyl/N-ethyl adjacent to an activating group) is 1. The highest BCUT2D eigenvalue weighted by Gasteiger charge is 2.30. The van der Waals surface area contributed by atoms with Crippen LogP contribution in [0.25, 0.3) is 0 Å². The minimum atomic E-state index is -4.06. The zero-order chi connectivity index (χ0) is 16.2. The zero-order valence-electron chi connectivity index (χ0n) is 12.5. The maximum Gasteiger partial charge on any atom is 0.246 e. The van der Waals surface area contributed by atoms with Crippen molar-refractivity contribution in [2.45, 2.75) is 24.4 Å². The topological polar surface area (TPSA) is 58.6 Å². The van der Waals surface area contributed by atoms with E-state index in [2.05, 4.69) is 5.32 Å². The predicted octanol–water partition coefficient (Wildman–Crippen LogP) is 1.34. The fourth-order valence-electron chi connectivity index (χ4n) is 1.85. The second-order valence-corrected chi connectivity index (χ2v) is 6.66. The van der Waals surface area contributed by atoms with Crippen LogP contribution in [0.3, 0.4) is 0 Å². The van der Waals surface area contributed by atoms with Crippen LogP contribution in [-0.4, -0.2) is 46.6 Å². The maximum atomic E-state index is 14.3. The van der Waals surface area contributed by atoms with Crippen LogP contribution in [0.2, 0.25) is 0 Å². The highest BCUT2D eigenvalue weighted by atomic mass is 32.2. The summed E-state index contributed by atoms with van der Waals surface area (Å²) in [6.07, 6.45) is 0. The van der Waals surface area contributed by atoms with Gasteiger partial charge in [-0.25, -0.2) is 17.2 Å². The zero-order valence-corrected chi connectivity index (χ0v) is 13.3. The molecule has 0 spiro atoms. The van der Waals surface area contributed by atoms with Gasteiger partial charge < -0.3 is 10.1 Å². The Bertz CT molecular complexity index is 593. The first kappa shape index (κ1) is 18.0. The molecule has 0 aliphatic heterocycles. The normalized spacial score (nSPS) is 13.7. The van der Waals surface area contributed by atoms with E-state index < -0.39 is 32.6 Å². The molecule has 0 aliphatic rings. The third-order valence-electron chi connectivity index (χ3n) is 3.19. The van der Waals surface area contributed by atoms with Crippen LogP contribution in [0, 0.1) is 11.6 Å². The molecular formula is C13H20F2N2O3S. The largest absolute Gasteiger partial charge is 0.383 e. The summed E-state index contributed by atoms with van der Waals surface area (Å²) in [7, 11) is 0.234. The smallest absolute Gasteiger partial charge is 0.246 e. The summed E-state index contributed by atoms with van der Waals surface area (Å²) in [4.78, 5) is -0.542. The molecule has 1 unspecified atom stereocenters. The van der Waals surface area contributed by atoms with Gasteiger partial charge in [0, 0.05) is 32.3 Å². The van der Waals surface area contributed by atoms with Gasteiger partial charge in [-0.15, -0.1) is 0 Å². The number of hydrogen-bond donors (Lipinski definition) is 1. The third-order valence-corrected chi connectivity index (χ3v) is 5.18. The minimum absolute atomic E-state index is 0.0988. The van der Waals surface area contributed by atoms with E-state index in [1.54, 1.807) is 6.92 Å². The molecule has 0 saturated carbocycles. The molecule has 5 nitrogen and oxygen atoms in total. The molecule has 0 fully saturated rings. The van der Waals surface area contributed by atoms with Crippen LogP contribution in [-0.2, 0) is 21.3 Å². The van der Waals surface area contributed by atoms with E-state index in [4.69, 9.17) is 4.74 Å². The van der Waals surface area contributed by atoms with Crippen LogP contribution in [0.5, 0.6) is 0 Å². The van der Waals surface area contributed by atoms with E-state index in [0.717, 1.165) is 16.4 Å². The van der Waals surface area contributed by atoms with Crippen LogP contribution in [0.15, 0.2) is 17.0 Å². The van der Waals surface area contributed by atoms with E-state index in [9.17, 15) is 17.2 Å². The van der Waals surface area contributed by atoms with Crippen LogP contribution < -0.4 is 5.32 Å². The lowest BCUT2D eigenvalue weighted by Gasteiger charge is -2.24. The number of methoxy groups -OCH3 is 1. The van der Waals surface area contributed by atoms with Crippen molar-refractivity contribution >= 4 is 10.0 Å². The highest BCUT2D eigenvalue weighted by molar-refractivity contribution is 7.89. The van der Waals surface area contributed by atoms with Gasteiger partial charge in [-0.2, -0.15) is 4.31 Å². The summed E-state index contributed by atoms with van der Waals surface area (Å²) in [6, 6.07) is 1.42. The van der Waals surface area contributed by atoms with Crippen molar-refractivity contribution in [2.24, 2.45) is 0 Å². The SMILES string of the molecule is CNCc1c(F)ccc(S(=O)(=O)N(C)C(C)COC)c1F. The molecular weight excluding hydrogens is 302 g/mol. The Morgan fingerprint density at radius 3 is 2.52 bits per heavy atom. The van der Waals surface area contributed by atoms with E-state index in [1.807, 2.05) is 0 Å². The van der Waals surface area contributed by atoms with Crippen LogP contribution in [0.1, 0.15) is 12.5 Å². The van der Waals surface area contributed by atoms with Crippen molar-refractivity contribution in [2.75, 3.05) is 27.8 Å². The van der Waals surface area contributed by atoms with Gasteiger partial charge in [0.25, 0.3) is 0 Å². The Morgan fingerprint density at radius 1 is 1.38 bits per heavy atom. The maximum absolute atomic E-state index is 14.3. The monoisotopic (exact) mass is 322 g/mol. The minimum Gasteiger partial charge on any atom is -0.383 e. The second kappa shape index (κ2) is 7.26. The summed E-state index contributed by atoms with van der Waals surface area (Å²) in [6.45, 7) is 1.71. The third kappa shape index (κ3) is 3.76. The first-order valence-electron chi connectivity index (χ1n) is 6.35. The second-order valence-electron chi connectivity index (χ2n) is 4.69. The number of halogens is 2. The molecule has 0 heterocycles. The molecule has 0 aromatic heterocycles. The fourth-order valence-corrected chi connectivity index (χ4v) is 3.29. The van der Waals surface area contributed by atoms with Gasteiger partial charge in [-0.3, -0.25) is 0 Å². The first-order valence-corrected chi connectivity index (χ1v) is 7.79. The molecule has 0 amide bonds. The van der Waals surface area contributed by atoms with Crippen molar-refractivity contribution in [3.8, 4) is 0 Å². The van der Waals surface area contributed by atoms with Gasteiger partial charge in [-0.05, 0) is 26.1 Å². The van der Waals surface area contributed by atoms with E-state index in [-0.39, 0.29) is 18.7 Å². The summed E-state index contributed by atoms with van der Waals surface area (Å²) in [5.41, 5.74) is -0.300. The predicted molar refractivity (Wildman–Crippen MR) is 75.4 cm³/mol. The number of sulfonamides is 1. The van der Waals surface area contributed by atoms with Crippen LogP contribution in [0.4, 0.5) is 8.78 Å². The van der Waals surface area contributed by atoms with Gasteiger partial charge in [0.1, 0.15) is 10.7 Å². The first-order chi connectivity index (χ1) is 9.77. The van der Waals surface area contributed by atoms with E-state index in [1.165, 1.54) is 21.2 Å². The van der Waals surface area contributed by atoms with Crippen molar-refractivity contribution in [3.63, 3.8) is 0 Å². The van der Waals surface area contributed by atoms with Gasteiger partial charge in [0.2, 0.25) is 10.0 Å². The molecule has 0 bridgehead atoms. The standard InChI is InChI=1S/C13H20F2N2O3S/c1-9(8-20-4)17(3)21(18,19)12-6-5-11(14)10(7-16-2)13(12)15/h5-6,9,16H,7-8H2,1-4H3. The fraction of sp³-hybridized carbons (Fsp3) is 0.538. The molecule has 1 rings (SSSR count). The van der Waals surface area contributed by atoms with Crippen molar-refractivity contribution < 1.29 is 21.9 Å². The number of ether oxygens (including phenoxy) is 1. The highest BCUT2D eigenvalue weighted by Crippen LogP contribution is 2.24. The number of nitrogens with zero attached hydrogens (tertiary/aromatic N) is 1. The van der Waals surface area contributed by atoms with Crippen LogP contribution >= 0.6 is 0 Å². The average Bonchev–Trinajstić information content (AvgIpc) is 2.42. The summed E-state index contributed by atoms with van der Waals surface area (Å²) >= 11 is 0. The lowest BCUT2D eigenvalue weighted by atomic mass is 10.2. The molecule has 0 saturated heterocycles. The quantitative estimate of drug-likeness (QED) is 0.823. The number of nitrogens with one attached hydrogen (secondary N) is 1. The summed E-state index contributed by atoms with van der Waals surface area (Å²) in [5.74, 6) is -1.85.